The highest BCUT2D eigenvalue weighted by atomic mass is 79.9. The number of allylic oxidation sites excluding steroid dienone is 2. The van der Waals surface area contributed by atoms with E-state index in [1.165, 1.54) is 6.07 Å². The van der Waals surface area contributed by atoms with E-state index in [9.17, 15) is 9.90 Å². The topological polar surface area (TPSA) is 110 Å². The van der Waals surface area contributed by atoms with Crippen molar-refractivity contribution in [3.63, 3.8) is 0 Å². The Hall–Kier alpha value is -3.33. The number of carbonyl (C=O) groups is 1. The number of hydrogen-bond donors (Lipinski definition) is 3. The largest absolute Gasteiger partial charge is 0.504 e. The van der Waals surface area contributed by atoms with Gasteiger partial charge in [0.2, 0.25) is 5.91 Å². The summed E-state index contributed by atoms with van der Waals surface area (Å²) >= 11 is 3.41. The zero-order valence-corrected chi connectivity index (χ0v) is 21.5. The highest BCUT2D eigenvalue weighted by Crippen LogP contribution is 2.28. The average Bonchev–Trinajstić information content (AvgIpc) is 3.27. The minimum atomic E-state index is -0.0125. The lowest BCUT2D eigenvalue weighted by molar-refractivity contribution is -0.121. The van der Waals surface area contributed by atoms with Crippen LogP contribution in [0.25, 0.3) is 0 Å². The molecule has 2 aromatic carbocycles. The van der Waals surface area contributed by atoms with Crippen molar-refractivity contribution in [1.82, 2.24) is 15.5 Å². The van der Waals surface area contributed by atoms with Crippen LogP contribution in [-0.2, 0) is 17.9 Å². The van der Waals surface area contributed by atoms with Gasteiger partial charge in [0.1, 0.15) is 0 Å². The summed E-state index contributed by atoms with van der Waals surface area (Å²) < 4.78 is 12.1. The summed E-state index contributed by atoms with van der Waals surface area (Å²) in [7, 11) is 0. The predicted octanol–water partition coefficient (Wildman–Crippen LogP) is 6.25. The third kappa shape index (κ3) is 9.44. The first-order valence-corrected chi connectivity index (χ1v) is 12.4. The molecule has 0 radical (unpaired) electrons. The van der Waals surface area contributed by atoms with Crippen molar-refractivity contribution in [3.8, 4) is 11.5 Å². The molecule has 0 aliphatic rings. The van der Waals surface area contributed by atoms with Gasteiger partial charge in [0.25, 0.3) is 5.89 Å². The second kappa shape index (κ2) is 13.5. The number of nitrogens with one attached hydrogen (secondary N) is 2. The molecule has 35 heavy (non-hydrogen) atoms. The molecule has 3 aromatic rings. The Morgan fingerprint density at radius 3 is 2.86 bits per heavy atom. The molecule has 0 fully saturated rings. The quantitative estimate of drug-likeness (QED) is 0.173. The monoisotopic (exact) mass is 542 g/mol. The van der Waals surface area contributed by atoms with Crippen molar-refractivity contribution in [2.45, 2.75) is 52.7 Å². The molecule has 9 heteroatoms. The standard InChI is InChI=1S/C26H31BrN4O4/c1-18(2)8-5-3-4-6-11-24(33)28-16-19-12-13-22(32)23(14-19)34-17-25-30-31-26(35-25)29-21-10-7-9-20(27)15-21/h5,7-10,12-15,18,32H,3-4,6,11,16-17H2,1-2H3,(H,28,33)(H,29,31)/b8-5+. The Labute approximate surface area is 213 Å². The smallest absolute Gasteiger partial charge is 0.320 e. The number of phenols is 1. The number of unbranched alkanes of at least 4 members (excludes halogenated alkanes) is 2. The van der Waals surface area contributed by atoms with E-state index in [0.717, 1.165) is 35.0 Å². The van der Waals surface area contributed by atoms with Crippen LogP contribution >= 0.6 is 15.9 Å². The van der Waals surface area contributed by atoms with Gasteiger partial charge in [-0.1, -0.05) is 59.2 Å². The number of hydrogen-bond acceptors (Lipinski definition) is 7. The van der Waals surface area contributed by atoms with E-state index in [4.69, 9.17) is 9.15 Å². The molecular weight excluding hydrogens is 512 g/mol. The summed E-state index contributed by atoms with van der Waals surface area (Å²) in [6.07, 6.45) is 7.68. The maximum atomic E-state index is 12.1. The number of amides is 1. The van der Waals surface area contributed by atoms with Gasteiger partial charge in [-0.3, -0.25) is 4.79 Å². The second-order valence-corrected chi connectivity index (χ2v) is 9.34. The number of benzene rings is 2. The molecule has 0 bridgehead atoms. The van der Waals surface area contributed by atoms with Gasteiger partial charge in [0, 0.05) is 23.1 Å². The Kier molecular flexibility index (Phi) is 10.2. The van der Waals surface area contributed by atoms with E-state index in [0.29, 0.717) is 18.9 Å². The number of aromatic hydroxyl groups is 1. The summed E-state index contributed by atoms with van der Waals surface area (Å²) in [5, 5.41) is 24.0. The number of halogens is 1. The first-order chi connectivity index (χ1) is 16.9. The van der Waals surface area contributed by atoms with Gasteiger partial charge in [-0.05, 0) is 61.1 Å². The summed E-state index contributed by atoms with van der Waals surface area (Å²) in [5.74, 6) is 1.07. The Balaban J connectivity index is 1.44. The first-order valence-electron chi connectivity index (χ1n) is 11.6. The number of nitrogens with zero attached hydrogens (tertiary/aromatic N) is 2. The molecule has 1 heterocycles. The fourth-order valence-corrected chi connectivity index (χ4v) is 3.58. The highest BCUT2D eigenvalue weighted by Gasteiger charge is 2.11. The number of carbonyl (C=O) groups excluding carboxylic acids is 1. The van der Waals surface area contributed by atoms with Crippen molar-refractivity contribution in [2.75, 3.05) is 5.32 Å². The van der Waals surface area contributed by atoms with E-state index >= 15 is 0 Å². The van der Waals surface area contributed by atoms with Gasteiger partial charge in [-0.25, -0.2) is 0 Å². The van der Waals surface area contributed by atoms with Crippen molar-refractivity contribution in [1.29, 1.82) is 0 Å². The molecule has 0 atom stereocenters. The third-order valence-corrected chi connectivity index (χ3v) is 5.45. The fraction of sp³-hybridized carbons (Fsp3) is 0.346. The van der Waals surface area contributed by atoms with Crippen LogP contribution < -0.4 is 15.4 Å². The van der Waals surface area contributed by atoms with Gasteiger partial charge in [-0.15, -0.1) is 5.10 Å². The average molecular weight is 543 g/mol. The zero-order chi connectivity index (χ0) is 25.0. The number of ether oxygens (including phenoxy) is 1. The molecular formula is C26H31BrN4O4. The molecule has 0 saturated heterocycles. The van der Waals surface area contributed by atoms with Crippen LogP contribution in [0.3, 0.4) is 0 Å². The maximum absolute atomic E-state index is 12.1. The van der Waals surface area contributed by atoms with Crippen molar-refractivity contribution in [2.24, 2.45) is 5.92 Å². The van der Waals surface area contributed by atoms with Crippen LogP contribution in [0.15, 0.2) is 63.5 Å². The van der Waals surface area contributed by atoms with Crippen LogP contribution in [0.2, 0.25) is 0 Å². The molecule has 8 nitrogen and oxygen atoms in total. The van der Waals surface area contributed by atoms with Crippen molar-refractivity contribution < 1.29 is 19.1 Å². The van der Waals surface area contributed by atoms with E-state index in [1.807, 2.05) is 24.3 Å². The minimum Gasteiger partial charge on any atom is -0.504 e. The molecule has 3 N–H and O–H groups in total. The van der Waals surface area contributed by atoms with Gasteiger partial charge in [0.05, 0.1) is 0 Å². The number of anilines is 2. The predicted molar refractivity (Wildman–Crippen MR) is 138 cm³/mol. The summed E-state index contributed by atoms with van der Waals surface area (Å²) in [6.45, 7) is 4.63. The van der Waals surface area contributed by atoms with Gasteiger partial charge >= 0.3 is 6.01 Å². The highest BCUT2D eigenvalue weighted by molar-refractivity contribution is 9.10. The van der Waals surface area contributed by atoms with E-state index in [-0.39, 0.29) is 35.9 Å². The van der Waals surface area contributed by atoms with Gasteiger partial charge in [0.15, 0.2) is 18.1 Å². The van der Waals surface area contributed by atoms with Crippen LogP contribution in [0.1, 0.15) is 51.0 Å². The molecule has 0 spiro atoms. The zero-order valence-electron chi connectivity index (χ0n) is 20.0. The summed E-state index contributed by atoms with van der Waals surface area (Å²) in [4.78, 5) is 12.1. The first kappa shape index (κ1) is 26.3. The van der Waals surface area contributed by atoms with E-state index < -0.39 is 0 Å². The number of phenolic OH excluding ortho intramolecular Hbond substituents is 1. The third-order valence-electron chi connectivity index (χ3n) is 4.95. The van der Waals surface area contributed by atoms with E-state index in [1.54, 1.807) is 12.1 Å². The molecule has 186 valence electrons. The van der Waals surface area contributed by atoms with Crippen LogP contribution in [-0.4, -0.2) is 21.2 Å². The normalized spacial score (nSPS) is 11.2. The molecule has 1 aromatic heterocycles. The lowest BCUT2D eigenvalue weighted by atomic mass is 10.1. The number of rotatable bonds is 13. The second-order valence-electron chi connectivity index (χ2n) is 8.42. The number of aromatic nitrogens is 2. The lowest BCUT2D eigenvalue weighted by Crippen LogP contribution is -2.22. The van der Waals surface area contributed by atoms with Gasteiger partial charge < -0.3 is 24.9 Å². The molecule has 0 unspecified atom stereocenters. The Morgan fingerprint density at radius 1 is 1.20 bits per heavy atom. The minimum absolute atomic E-state index is 0.00437. The SMILES string of the molecule is CC(C)/C=C/CCCCC(=O)NCc1ccc(O)c(OCc2nnc(Nc3cccc(Br)c3)o2)c1. The van der Waals surface area contributed by atoms with Crippen molar-refractivity contribution >= 4 is 33.5 Å². The Morgan fingerprint density at radius 2 is 2.06 bits per heavy atom. The Bertz CT molecular complexity index is 1130. The molecule has 0 aliphatic carbocycles. The molecule has 0 aliphatic heterocycles. The van der Waals surface area contributed by atoms with Crippen LogP contribution in [0.4, 0.5) is 11.7 Å². The molecule has 0 saturated carbocycles. The van der Waals surface area contributed by atoms with Gasteiger partial charge in [-0.2, -0.15) is 0 Å². The van der Waals surface area contributed by atoms with Crippen molar-refractivity contribution in [3.05, 3.63) is 70.5 Å². The maximum Gasteiger partial charge on any atom is 0.320 e. The lowest BCUT2D eigenvalue weighted by Gasteiger charge is -2.10. The van der Waals surface area contributed by atoms with Crippen LogP contribution in [0, 0.1) is 5.92 Å². The fourth-order valence-electron chi connectivity index (χ4n) is 3.18. The molecule has 3 rings (SSSR count). The van der Waals surface area contributed by atoms with Crippen LogP contribution in [0.5, 0.6) is 11.5 Å². The molecule has 1 amide bonds. The summed E-state index contributed by atoms with van der Waals surface area (Å²) in [5.41, 5.74) is 1.61. The summed E-state index contributed by atoms with van der Waals surface area (Å²) in [6, 6.07) is 12.8. The van der Waals surface area contributed by atoms with E-state index in [2.05, 4.69) is 62.8 Å².